The standard InChI is InChI=1S/C12H25N3O/c1-3-15(9-12(2,14)11(13)16)10-7-5-4-6-8-10/h10H,3-9,14H2,1-2H3,(H2,13,16). The van der Waals surface area contributed by atoms with Gasteiger partial charge >= 0.3 is 0 Å². The molecular formula is C12H25N3O. The summed E-state index contributed by atoms with van der Waals surface area (Å²) in [7, 11) is 0. The Morgan fingerprint density at radius 1 is 1.38 bits per heavy atom. The number of carbonyl (C=O) groups excluding carboxylic acids is 1. The zero-order valence-corrected chi connectivity index (χ0v) is 10.5. The first-order chi connectivity index (χ1) is 7.47. The van der Waals surface area contributed by atoms with Crippen molar-refractivity contribution in [1.82, 2.24) is 4.90 Å². The minimum Gasteiger partial charge on any atom is -0.368 e. The number of hydrogen-bond acceptors (Lipinski definition) is 3. The van der Waals surface area contributed by atoms with Crippen molar-refractivity contribution in [2.24, 2.45) is 11.5 Å². The predicted molar refractivity (Wildman–Crippen MR) is 65.9 cm³/mol. The number of nitrogens with two attached hydrogens (primary N) is 2. The number of likely N-dealkylation sites (N-methyl/N-ethyl adjacent to an activating group) is 1. The fraction of sp³-hybridized carbons (Fsp3) is 0.917. The molecule has 94 valence electrons. The van der Waals surface area contributed by atoms with Gasteiger partial charge in [-0.25, -0.2) is 0 Å². The van der Waals surface area contributed by atoms with Gasteiger partial charge in [0.1, 0.15) is 5.54 Å². The zero-order chi connectivity index (χ0) is 12.2. The van der Waals surface area contributed by atoms with Gasteiger partial charge in [0.25, 0.3) is 0 Å². The van der Waals surface area contributed by atoms with Crippen LogP contribution in [0.25, 0.3) is 0 Å². The summed E-state index contributed by atoms with van der Waals surface area (Å²) in [6.45, 7) is 5.35. The monoisotopic (exact) mass is 227 g/mol. The number of amides is 1. The second-order valence-electron chi connectivity index (χ2n) is 5.14. The maximum atomic E-state index is 11.2. The SMILES string of the molecule is CCN(CC(C)(N)C(N)=O)C1CCCCC1. The van der Waals surface area contributed by atoms with Crippen molar-refractivity contribution in [2.45, 2.75) is 57.5 Å². The molecule has 0 heterocycles. The van der Waals surface area contributed by atoms with Crippen LogP contribution in [0.5, 0.6) is 0 Å². The van der Waals surface area contributed by atoms with Crippen molar-refractivity contribution in [3.8, 4) is 0 Å². The molecule has 1 rings (SSSR count). The number of nitrogens with zero attached hydrogens (tertiary/aromatic N) is 1. The summed E-state index contributed by atoms with van der Waals surface area (Å²) in [6, 6.07) is 0.584. The normalized spacial score (nSPS) is 22.0. The fourth-order valence-electron chi connectivity index (χ4n) is 2.45. The Hall–Kier alpha value is -0.610. The van der Waals surface area contributed by atoms with E-state index in [1.165, 1.54) is 32.1 Å². The summed E-state index contributed by atoms with van der Waals surface area (Å²) in [6.07, 6.45) is 6.37. The molecule has 0 aromatic rings. The van der Waals surface area contributed by atoms with E-state index >= 15 is 0 Å². The average molecular weight is 227 g/mol. The molecule has 0 aliphatic heterocycles. The van der Waals surface area contributed by atoms with E-state index in [2.05, 4.69) is 11.8 Å². The van der Waals surface area contributed by atoms with Crippen LogP contribution in [0.4, 0.5) is 0 Å². The molecule has 0 aromatic carbocycles. The van der Waals surface area contributed by atoms with Crippen molar-refractivity contribution in [3.63, 3.8) is 0 Å². The molecule has 1 aliphatic rings. The summed E-state index contributed by atoms with van der Waals surface area (Å²) < 4.78 is 0. The third kappa shape index (κ3) is 3.46. The van der Waals surface area contributed by atoms with Crippen molar-refractivity contribution in [3.05, 3.63) is 0 Å². The van der Waals surface area contributed by atoms with Gasteiger partial charge in [0.15, 0.2) is 0 Å². The first-order valence-corrected chi connectivity index (χ1v) is 6.30. The van der Waals surface area contributed by atoms with Crippen LogP contribution < -0.4 is 11.5 Å². The fourth-order valence-corrected chi connectivity index (χ4v) is 2.45. The lowest BCUT2D eigenvalue weighted by Gasteiger charge is -2.37. The molecule has 1 atom stereocenters. The highest BCUT2D eigenvalue weighted by Crippen LogP contribution is 2.23. The molecule has 0 bridgehead atoms. The van der Waals surface area contributed by atoms with Crippen molar-refractivity contribution < 1.29 is 4.79 Å². The van der Waals surface area contributed by atoms with Crippen LogP contribution >= 0.6 is 0 Å². The van der Waals surface area contributed by atoms with Gasteiger partial charge < -0.3 is 11.5 Å². The van der Waals surface area contributed by atoms with Crippen molar-refractivity contribution in [2.75, 3.05) is 13.1 Å². The van der Waals surface area contributed by atoms with E-state index in [-0.39, 0.29) is 0 Å². The Morgan fingerprint density at radius 3 is 2.38 bits per heavy atom. The quantitative estimate of drug-likeness (QED) is 0.731. The van der Waals surface area contributed by atoms with E-state index in [1.807, 2.05) is 0 Å². The lowest BCUT2D eigenvalue weighted by atomic mass is 9.92. The van der Waals surface area contributed by atoms with Gasteiger partial charge in [-0.1, -0.05) is 26.2 Å². The molecule has 0 spiro atoms. The van der Waals surface area contributed by atoms with E-state index < -0.39 is 11.4 Å². The number of hydrogen-bond donors (Lipinski definition) is 2. The summed E-state index contributed by atoms with van der Waals surface area (Å²) in [5, 5.41) is 0. The maximum Gasteiger partial charge on any atom is 0.238 e. The Kier molecular flexibility index (Phi) is 4.74. The van der Waals surface area contributed by atoms with E-state index in [1.54, 1.807) is 6.92 Å². The van der Waals surface area contributed by atoms with E-state index in [0.29, 0.717) is 12.6 Å². The van der Waals surface area contributed by atoms with Crippen LogP contribution in [-0.4, -0.2) is 35.5 Å². The Labute approximate surface area is 98.3 Å². The molecule has 0 radical (unpaired) electrons. The number of carbonyl (C=O) groups is 1. The second-order valence-corrected chi connectivity index (χ2v) is 5.14. The lowest BCUT2D eigenvalue weighted by molar-refractivity contribution is -0.123. The van der Waals surface area contributed by atoms with Gasteiger partial charge in [-0.15, -0.1) is 0 Å². The topological polar surface area (TPSA) is 72.3 Å². The van der Waals surface area contributed by atoms with Crippen molar-refractivity contribution >= 4 is 5.91 Å². The van der Waals surface area contributed by atoms with Gasteiger partial charge in [-0.3, -0.25) is 9.69 Å². The van der Waals surface area contributed by atoms with E-state index in [4.69, 9.17) is 11.5 Å². The molecule has 1 unspecified atom stereocenters. The molecule has 1 aliphatic carbocycles. The van der Waals surface area contributed by atoms with Gasteiger partial charge in [-0.05, 0) is 26.3 Å². The molecule has 4 nitrogen and oxygen atoms in total. The van der Waals surface area contributed by atoms with Crippen LogP contribution in [0.1, 0.15) is 46.0 Å². The highest BCUT2D eigenvalue weighted by atomic mass is 16.1. The van der Waals surface area contributed by atoms with Crippen LogP contribution in [0.3, 0.4) is 0 Å². The van der Waals surface area contributed by atoms with Gasteiger partial charge in [0.2, 0.25) is 5.91 Å². The molecule has 0 aromatic heterocycles. The molecule has 16 heavy (non-hydrogen) atoms. The van der Waals surface area contributed by atoms with Crippen molar-refractivity contribution in [1.29, 1.82) is 0 Å². The van der Waals surface area contributed by atoms with E-state index in [0.717, 1.165) is 6.54 Å². The number of primary amides is 1. The van der Waals surface area contributed by atoms with Gasteiger partial charge in [0.05, 0.1) is 0 Å². The first kappa shape index (κ1) is 13.5. The highest BCUT2D eigenvalue weighted by Gasteiger charge is 2.31. The minimum absolute atomic E-state index is 0.415. The molecule has 1 fully saturated rings. The van der Waals surface area contributed by atoms with Crippen LogP contribution in [0, 0.1) is 0 Å². The summed E-state index contributed by atoms with van der Waals surface area (Å²) in [5.41, 5.74) is 10.3. The third-order valence-corrected chi connectivity index (χ3v) is 3.59. The smallest absolute Gasteiger partial charge is 0.238 e. The third-order valence-electron chi connectivity index (χ3n) is 3.59. The summed E-state index contributed by atoms with van der Waals surface area (Å²) in [5.74, 6) is -0.415. The van der Waals surface area contributed by atoms with Gasteiger partial charge in [0, 0.05) is 12.6 Å². The highest BCUT2D eigenvalue weighted by molar-refractivity contribution is 5.84. The average Bonchev–Trinajstić information content (AvgIpc) is 2.27. The molecular weight excluding hydrogens is 202 g/mol. The minimum atomic E-state index is -0.909. The van der Waals surface area contributed by atoms with E-state index in [9.17, 15) is 4.79 Å². The van der Waals surface area contributed by atoms with Gasteiger partial charge in [-0.2, -0.15) is 0 Å². The van der Waals surface area contributed by atoms with Crippen LogP contribution in [-0.2, 0) is 4.79 Å². The second kappa shape index (κ2) is 5.64. The maximum absolute atomic E-state index is 11.2. The predicted octanol–water partition coefficient (Wildman–Crippen LogP) is 0.844. The molecule has 1 amide bonds. The Morgan fingerprint density at radius 2 is 1.94 bits per heavy atom. The summed E-state index contributed by atoms with van der Waals surface area (Å²) >= 11 is 0. The van der Waals surface area contributed by atoms with Crippen LogP contribution in [0.15, 0.2) is 0 Å². The Bertz CT molecular complexity index is 234. The lowest BCUT2D eigenvalue weighted by Crippen LogP contribution is -2.58. The molecule has 4 heteroatoms. The first-order valence-electron chi connectivity index (χ1n) is 6.30. The molecule has 4 N–H and O–H groups in total. The molecule has 0 saturated heterocycles. The Balaban J connectivity index is 2.56. The van der Waals surface area contributed by atoms with Crippen LogP contribution in [0.2, 0.25) is 0 Å². The molecule has 1 saturated carbocycles. The summed E-state index contributed by atoms with van der Waals surface area (Å²) in [4.78, 5) is 13.5. The largest absolute Gasteiger partial charge is 0.368 e. The number of rotatable bonds is 5. The zero-order valence-electron chi connectivity index (χ0n) is 10.5.